The molecule has 1 heteroatoms. The SMILES string of the molecule is CC.CC(C)c1ccc(C(C)(C)Nc2ccc3c(c2)C(C)(C)c2cc4c(cc2-3)C(C)(C)c2cc3ccc5c(-c6ccccc6)ccc6ccc(c2-4)c3c65)cc1. The van der Waals surface area contributed by atoms with Gasteiger partial charge in [-0.1, -0.05) is 152 Å². The molecule has 0 heterocycles. The molecule has 1 nitrogen and oxygen atoms in total. The van der Waals surface area contributed by atoms with E-state index in [1.165, 1.54) is 105 Å². The highest BCUT2D eigenvalue weighted by Crippen LogP contribution is 2.58. The summed E-state index contributed by atoms with van der Waals surface area (Å²) in [7, 11) is 0. The predicted octanol–water partition coefficient (Wildman–Crippen LogP) is 15.4. The van der Waals surface area contributed by atoms with Gasteiger partial charge in [0.15, 0.2) is 0 Å². The van der Waals surface area contributed by atoms with E-state index in [1.807, 2.05) is 13.8 Å². The molecule has 0 saturated heterocycles. The molecule has 0 spiro atoms. The molecule has 2 aliphatic carbocycles. The lowest BCUT2D eigenvalue weighted by Crippen LogP contribution is -2.28. The summed E-state index contributed by atoms with van der Waals surface area (Å²) in [6, 6.07) is 48.8. The van der Waals surface area contributed by atoms with Gasteiger partial charge in [0.2, 0.25) is 0 Å². The quantitative estimate of drug-likeness (QED) is 0.175. The molecule has 0 aliphatic heterocycles. The molecule has 1 N–H and O–H groups in total. The first-order chi connectivity index (χ1) is 26.3. The van der Waals surface area contributed by atoms with Crippen LogP contribution in [0.15, 0.2) is 127 Å². The Kier molecular flexibility index (Phi) is 7.90. The van der Waals surface area contributed by atoms with Crippen molar-refractivity contribution in [1.29, 1.82) is 0 Å². The van der Waals surface area contributed by atoms with Crippen molar-refractivity contribution in [3.8, 4) is 33.4 Å². The summed E-state index contributed by atoms with van der Waals surface area (Å²) in [6.07, 6.45) is 0. The molecule has 8 aromatic carbocycles. The minimum Gasteiger partial charge on any atom is -0.376 e. The fraction of sp³-hybridized carbons (Fsp3) is 0.259. The first-order valence-electron chi connectivity index (χ1n) is 20.4. The molecule has 55 heavy (non-hydrogen) atoms. The summed E-state index contributed by atoms with van der Waals surface area (Å²) in [6.45, 7) is 22.8. The molecule has 0 radical (unpaired) electrons. The highest BCUT2D eigenvalue weighted by Gasteiger charge is 2.43. The van der Waals surface area contributed by atoms with Gasteiger partial charge in [0, 0.05) is 16.5 Å². The Morgan fingerprint density at radius 2 is 1.09 bits per heavy atom. The van der Waals surface area contributed by atoms with E-state index in [-0.39, 0.29) is 16.4 Å². The molecule has 0 atom stereocenters. The van der Waals surface area contributed by atoms with E-state index in [0.29, 0.717) is 5.92 Å². The summed E-state index contributed by atoms with van der Waals surface area (Å²) in [5, 5.41) is 12.0. The number of nitrogens with one attached hydrogen (secondary N) is 1. The summed E-state index contributed by atoms with van der Waals surface area (Å²) in [5.41, 5.74) is 17.2. The molecular formula is C54H53N. The third kappa shape index (κ3) is 5.12. The molecule has 0 amide bonds. The fourth-order valence-electron chi connectivity index (χ4n) is 9.97. The van der Waals surface area contributed by atoms with Gasteiger partial charge in [-0.25, -0.2) is 0 Å². The van der Waals surface area contributed by atoms with Gasteiger partial charge in [-0.3, -0.25) is 0 Å². The summed E-state index contributed by atoms with van der Waals surface area (Å²) < 4.78 is 0. The van der Waals surface area contributed by atoms with Crippen LogP contribution in [0.25, 0.3) is 65.7 Å². The number of benzene rings is 8. The van der Waals surface area contributed by atoms with Gasteiger partial charge in [-0.2, -0.15) is 0 Å². The lowest BCUT2D eigenvalue weighted by atomic mass is 9.79. The first kappa shape index (κ1) is 35.3. The zero-order chi connectivity index (χ0) is 38.6. The second-order valence-corrected chi connectivity index (χ2v) is 17.7. The van der Waals surface area contributed by atoms with Gasteiger partial charge in [-0.05, 0) is 149 Å². The molecule has 0 aromatic heterocycles. The topological polar surface area (TPSA) is 12.0 Å². The van der Waals surface area contributed by atoms with E-state index in [0.717, 1.165) is 0 Å². The van der Waals surface area contributed by atoms with Crippen LogP contribution in [0.2, 0.25) is 0 Å². The van der Waals surface area contributed by atoms with Crippen molar-refractivity contribution >= 4 is 38.0 Å². The Bertz CT molecular complexity index is 2780. The van der Waals surface area contributed by atoms with Crippen LogP contribution in [-0.4, -0.2) is 0 Å². The molecule has 0 bridgehead atoms. The van der Waals surface area contributed by atoms with Crippen LogP contribution < -0.4 is 5.32 Å². The van der Waals surface area contributed by atoms with Crippen LogP contribution in [0, 0.1) is 0 Å². The normalized spacial score (nSPS) is 14.8. The maximum atomic E-state index is 3.91. The van der Waals surface area contributed by atoms with E-state index in [4.69, 9.17) is 0 Å². The van der Waals surface area contributed by atoms with Crippen LogP contribution >= 0.6 is 0 Å². The molecule has 2 aliphatic rings. The van der Waals surface area contributed by atoms with Gasteiger partial charge in [0.05, 0.1) is 5.54 Å². The summed E-state index contributed by atoms with van der Waals surface area (Å²) in [4.78, 5) is 0. The lowest BCUT2D eigenvalue weighted by molar-refractivity contribution is 0.607. The van der Waals surface area contributed by atoms with Crippen LogP contribution in [0.1, 0.15) is 109 Å². The Balaban J connectivity index is 0.00000195. The highest BCUT2D eigenvalue weighted by molar-refractivity contribution is 6.28. The predicted molar refractivity (Wildman–Crippen MR) is 239 cm³/mol. The minimum absolute atomic E-state index is 0.122. The van der Waals surface area contributed by atoms with Gasteiger partial charge < -0.3 is 5.32 Å². The molecule has 10 rings (SSSR count). The largest absolute Gasteiger partial charge is 0.376 e. The minimum atomic E-state index is -0.210. The average Bonchev–Trinajstić information content (AvgIpc) is 3.55. The number of anilines is 1. The zero-order valence-electron chi connectivity index (χ0n) is 34.2. The van der Waals surface area contributed by atoms with Crippen LogP contribution in [0.5, 0.6) is 0 Å². The van der Waals surface area contributed by atoms with E-state index < -0.39 is 0 Å². The zero-order valence-corrected chi connectivity index (χ0v) is 34.2. The van der Waals surface area contributed by atoms with Gasteiger partial charge in [-0.15, -0.1) is 0 Å². The van der Waals surface area contributed by atoms with Gasteiger partial charge in [0.1, 0.15) is 0 Å². The second-order valence-electron chi connectivity index (χ2n) is 17.7. The van der Waals surface area contributed by atoms with Crippen LogP contribution in [0.3, 0.4) is 0 Å². The van der Waals surface area contributed by atoms with Crippen molar-refractivity contribution in [2.24, 2.45) is 0 Å². The Morgan fingerprint density at radius 1 is 0.509 bits per heavy atom. The second kappa shape index (κ2) is 12.3. The number of fused-ring (bicyclic) bond motifs is 7. The smallest absolute Gasteiger partial charge is 0.0569 e. The number of hydrogen-bond acceptors (Lipinski definition) is 1. The Hall–Kier alpha value is -5.40. The van der Waals surface area contributed by atoms with E-state index in [9.17, 15) is 0 Å². The van der Waals surface area contributed by atoms with E-state index >= 15 is 0 Å². The van der Waals surface area contributed by atoms with Crippen molar-refractivity contribution in [1.82, 2.24) is 0 Å². The Labute approximate surface area is 327 Å². The average molecular weight is 716 g/mol. The van der Waals surface area contributed by atoms with Gasteiger partial charge in [0.25, 0.3) is 0 Å². The first-order valence-corrected chi connectivity index (χ1v) is 20.4. The molecule has 0 unspecified atom stereocenters. The van der Waals surface area contributed by atoms with Crippen molar-refractivity contribution in [2.75, 3.05) is 5.32 Å². The fourth-order valence-corrected chi connectivity index (χ4v) is 9.97. The van der Waals surface area contributed by atoms with Crippen molar-refractivity contribution in [3.63, 3.8) is 0 Å². The number of hydrogen-bond donors (Lipinski definition) is 1. The summed E-state index contributed by atoms with van der Waals surface area (Å²) >= 11 is 0. The molecular weight excluding hydrogens is 663 g/mol. The lowest BCUT2D eigenvalue weighted by Gasteiger charge is -2.30. The molecule has 0 saturated carbocycles. The van der Waals surface area contributed by atoms with Gasteiger partial charge >= 0.3 is 0 Å². The van der Waals surface area contributed by atoms with E-state index in [2.05, 4.69) is 188 Å². The maximum Gasteiger partial charge on any atom is 0.0569 e. The van der Waals surface area contributed by atoms with E-state index in [1.54, 1.807) is 0 Å². The van der Waals surface area contributed by atoms with Crippen molar-refractivity contribution in [3.05, 3.63) is 161 Å². The third-order valence-corrected chi connectivity index (χ3v) is 13.1. The molecule has 8 aromatic rings. The molecule has 0 fully saturated rings. The highest BCUT2D eigenvalue weighted by atomic mass is 15.0. The van der Waals surface area contributed by atoms with Crippen LogP contribution in [0.4, 0.5) is 5.69 Å². The van der Waals surface area contributed by atoms with Crippen LogP contribution in [-0.2, 0) is 16.4 Å². The number of rotatable bonds is 5. The third-order valence-electron chi connectivity index (χ3n) is 13.1. The molecule has 274 valence electrons. The monoisotopic (exact) mass is 715 g/mol. The van der Waals surface area contributed by atoms with Crippen molar-refractivity contribution in [2.45, 2.75) is 91.5 Å². The van der Waals surface area contributed by atoms with Crippen molar-refractivity contribution < 1.29 is 0 Å². The maximum absolute atomic E-state index is 3.91. The standard InChI is InChI=1S/C52H47N.C2H6/c1-30(2)31-14-19-35(20-15-31)52(7,8)53-36-21-25-38-41-28-45-42(29-44(41)50(3,4)43(38)27-36)49-40-24-17-33-16-22-37(32-12-10-9-11-13-32)39-23-18-34(48(40)47(33)39)26-46(49)51(45,5)6;1-2/h9-30,53H,1-8H3;1-2H3. The summed E-state index contributed by atoms with van der Waals surface area (Å²) in [5.74, 6) is 0.529. The Morgan fingerprint density at radius 3 is 1.82 bits per heavy atom.